The Morgan fingerprint density at radius 1 is 1.30 bits per heavy atom. The molecular formula is C21H30N4OS. The van der Waals surface area contributed by atoms with Gasteiger partial charge in [0.15, 0.2) is 11.0 Å². The second-order valence-corrected chi connectivity index (χ2v) is 8.49. The van der Waals surface area contributed by atoms with Gasteiger partial charge in [-0.3, -0.25) is 4.79 Å². The predicted octanol–water partition coefficient (Wildman–Crippen LogP) is 4.45. The molecule has 1 heterocycles. The summed E-state index contributed by atoms with van der Waals surface area (Å²) in [6.07, 6.45) is 5.80. The van der Waals surface area contributed by atoms with Crippen molar-refractivity contribution in [3.8, 4) is 11.4 Å². The first-order chi connectivity index (χ1) is 13.1. The van der Waals surface area contributed by atoms with Crippen molar-refractivity contribution in [3.05, 3.63) is 29.8 Å². The first-order valence-electron chi connectivity index (χ1n) is 10.0. The molecule has 1 N–H and O–H groups in total. The molecule has 1 aromatic heterocycles. The Balaban J connectivity index is 1.67. The van der Waals surface area contributed by atoms with Crippen LogP contribution in [0.4, 0.5) is 0 Å². The highest BCUT2D eigenvalue weighted by molar-refractivity contribution is 7.99. The largest absolute Gasteiger partial charge is 0.352 e. The number of carbonyl (C=O) groups excluding carboxylic acids is 1. The van der Waals surface area contributed by atoms with Crippen molar-refractivity contribution >= 4 is 17.7 Å². The van der Waals surface area contributed by atoms with Gasteiger partial charge in [-0.1, -0.05) is 62.2 Å². The lowest BCUT2D eigenvalue weighted by Crippen LogP contribution is -2.41. The topological polar surface area (TPSA) is 59.8 Å². The maximum Gasteiger partial charge on any atom is 0.230 e. The molecule has 1 fully saturated rings. The molecule has 0 saturated heterocycles. The van der Waals surface area contributed by atoms with E-state index in [1.54, 1.807) is 0 Å². The zero-order valence-corrected chi connectivity index (χ0v) is 17.4. The Hall–Kier alpha value is -1.82. The Bertz CT molecular complexity index is 773. The highest BCUT2D eigenvalue weighted by atomic mass is 32.2. The van der Waals surface area contributed by atoms with Gasteiger partial charge in [-0.15, -0.1) is 10.2 Å². The molecule has 1 amide bonds. The number of amides is 1. The number of benzene rings is 1. The van der Waals surface area contributed by atoms with Crippen LogP contribution in [-0.4, -0.2) is 32.5 Å². The van der Waals surface area contributed by atoms with Gasteiger partial charge in [-0.2, -0.15) is 0 Å². The van der Waals surface area contributed by atoms with Crippen LogP contribution in [0.15, 0.2) is 29.4 Å². The number of aromatic nitrogens is 3. The number of hydrogen-bond acceptors (Lipinski definition) is 4. The summed E-state index contributed by atoms with van der Waals surface area (Å²) in [5.41, 5.74) is 2.28. The lowest BCUT2D eigenvalue weighted by molar-refractivity contribution is -0.119. The average Bonchev–Trinajstić information content (AvgIpc) is 3.05. The van der Waals surface area contributed by atoms with Crippen LogP contribution in [0.2, 0.25) is 0 Å². The number of rotatable bonds is 7. The van der Waals surface area contributed by atoms with Crippen LogP contribution in [0.1, 0.15) is 51.5 Å². The third-order valence-electron chi connectivity index (χ3n) is 5.23. The minimum absolute atomic E-state index is 0.0990. The van der Waals surface area contributed by atoms with Gasteiger partial charge < -0.3 is 9.88 Å². The van der Waals surface area contributed by atoms with Crippen LogP contribution in [0.5, 0.6) is 0 Å². The average molecular weight is 387 g/mol. The van der Waals surface area contributed by atoms with Crippen molar-refractivity contribution < 1.29 is 4.79 Å². The normalized spacial score (nSPS) is 19.8. The van der Waals surface area contributed by atoms with Crippen LogP contribution >= 0.6 is 11.8 Å². The summed E-state index contributed by atoms with van der Waals surface area (Å²) in [7, 11) is 0. The monoisotopic (exact) mass is 386 g/mol. The van der Waals surface area contributed by atoms with Gasteiger partial charge in [0.2, 0.25) is 5.91 Å². The lowest BCUT2D eigenvalue weighted by Gasteiger charge is -2.29. The highest BCUT2D eigenvalue weighted by Gasteiger charge is 2.23. The van der Waals surface area contributed by atoms with Crippen molar-refractivity contribution in [1.29, 1.82) is 0 Å². The van der Waals surface area contributed by atoms with Gasteiger partial charge in [0.05, 0.1) is 5.75 Å². The van der Waals surface area contributed by atoms with E-state index in [0.717, 1.165) is 35.9 Å². The molecule has 1 aliphatic rings. The summed E-state index contributed by atoms with van der Waals surface area (Å²) in [6.45, 7) is 7.31. The van der Waals surface area contributed by atoms with E-state index in [9.17, 15) is 4.79 Å². The van der Waals surface area contributed by atoms with Crippen molar-refractivity contribution in [3.63, 3.8) is 0 Å². The molecule has 0 bridgehead atoms. The molecule has 1 saturated carbocycles. The molecule has 0 aliphatic heterocycles. The number of aryl methyl sites for hydroxylation is 1. The number of thioether (sulfide) groups is 1. The summed E-state index contributed by atoms with van der Waals surface area (Å²) in [5, 5.41) is 12.8. The quantitative estimate of drug-likeness (QED) is 0.714. The smallest absolute Gasteiger partial charge is 0.230 e. The van der Waals surface area contributed by atoms with Gasteiger partial charge in [-0.25, -0.2) is 0 Å². The maximum absolute atomic E-state index is 12.4. The van der Waals surface area contributed by atoms with E-state index in [1.807, 2.05) is 6.07 Å². The fraction of sp³-hybridized carbons (Fsp3) is 0.571. The molecule has 2 atom stereocenters. The standard InChI is InChI=1S/C21H30N4OS/c1-4-12-25-20(17-10-7-8-15(2)13-17)23-24-21(25)27-14-19(26)22-18-11-6-5-9-16(18)3/h7-8,10,13,16,18H,4-6,9,11-12,14H2,1-3H3,(H,22,26). The molecular weight excluding hydrogens is 356 g/mol. The second kappa shape index (κ2) is 9.40. The van der Waals surface area contributed by atoms with Gasteiger partial charge >= 0.3 is 0 Å². The molecule has 3 rings (SSSR count). The summed E-state index contributed by atoms with van der Waals surface area (Å²) in [4.78, 5) is 12.4. The highest BCUT2D eigenvalue weighted by Crippen LogP contribution is 2.26. The molecule has 0 radical (unpaired) electrons. The summed E-state index contributed by atoms with van der Waals surface area (Å²) < 4.78 is 2.13. The van der Waals surface area contributed by atoms with Gasteiger partial charge in [0.1, 0.15) is 0 Å². The molecule has 5 nitrogen and oxygen atoms in total. The number of hydrogen-bond donors (Lipinski definition) is 1. The fourth-order valence-corrected chi connectivity index (χ4v) is 4.50. The third-order valence-corrected chi connectivity index (χ3v) is 6.20. The predicted molar refractivity (Wildman–Crippen MR) is 111 cm³/mol. The van der Waals surface area contributed by atoms with Crippen LogP contribution in [0, 0.1) is 12.8 Å². The van der Waals surface area contributed by atoms with Gasteiger partial charge in [-0.05, 0) is 38.2 Å². The minimum atomic E-state index is 0.0990. The fourth-order valence-electron chi connectivity index (χ4n) is 3.73. The summed E-state index contributed by atoms with van der Waals surface area (Å²) in [6, 6.07) is 8.64. The van der Waals surface area contributed by atoms with Crippen LogP contribution in [0.3, 0.4) is 0 Å². The van der Waals surface area contributed by atoms with E-state index in [2.05, 4.69) is 59.1 Å². The minimum Gasteiger partial charge on any atom is -0.352 e. The van der Waals surface area contributed by atoms with E-state index in [0.29, 0.717) is 17.7 Å². The van der Waals surface area contributed by atoms with Crippen LogP contribution in [0.25, 0.3) is 11.4 Å². The molecule has 0 spiro atoms. The van der Waals surface area contributed by atoms with Gasteiger partial charge in [0, 0.05) is 18.2 Å². The lowest BCUT2D eigenvalue weighted by atomic mass is 9.86. The second-order valence-electron chi connectivity index (χ2n) is 7.55. The van der Waals surface area contributed by atoms with E-state index in [-0.39, 0.29) is 5.91 Å². The number of nitrogens with zero attached hydrogens (tertiary/aromatic N) is 3. The Kier molecular flexibility index (Phi) is 6.94. The molecule has 1 aromatic carbocycles. The Labute approximate surface area is 166 Å². The Morgan fingerprint density at radius 3 is 2.85 bits per heavy atom. The molecule has 6 heteroatoms. The van der Waals surface area contributed by atoms with Crippen LogP contribution < -0.4 is 5.32 Å². The zero-order valence-electron chi connectivity index (χ0n) is 16.6. The summed E-state index contributed by atoms with van der Waals surface area (Å²) in [5.74, 6) is 1.94. The first-order valence-corrected chi connectivity index (χ1v) is 11.0. The number of nitrogens with one attached hydrogen (secondary N) is 1. The van der Waals surface area contributed by atoms with Crippen LogP contribution in [-0.2, 0) is 11.3 Å². The number of carbonyl (C=O) groups is 1. The molecule has 2 aromatic rings. The van der Waals surface area contributed by atoms with Crippen molar-refractivity contribution in [2.75, 3.05) is 5.75 Å². The Morgan fingerprint density at radius 2 is 2.11 bits per heavy atom. The van der Waals surface area contributed by atoms with E-state index < -0.39 is 0 Å². The molecule has 27 heavy (non-hydrogen) atoms. The maximum atomic E-state index is 12.4. The molecule has 1 aliphatic carbocycles. The SMILES string of the molecule is CCCn1c(SCC(=O)NC2CCCCC2C)nnc1-c1cccc(C)c1. The first kappa shape index (κ1) is 19.9. The van der Waals surface area contributed by atoms with Crippen molar-refractivity contribution in [2.45, 2.75) is 70.6 Å². The third kappa shape index (κ3) is 5.12. The van der Waals surface area contributed by atoms with Crippen molar-refractivity contribution in [1.82, 2.24) is 20.1 Å². The van der Waals surface area contributed by atoms with E-state index >= 15 is 0 Å². The molecule has 146 valence electrons. The molecule has 2 unspecified atom stereocenters. The van der Waals surface area contributed by atoms with E-state index in [1.165, 1.54) is 36.6 Å². The van der Waals surface area contributed by atoms with Crippen molar-refractivity contribution in [2.24, 2.45) is 5.92 Å². The zero-order chi connectivity index (χ0) is 19.2. The van der Waals surface area contributed by atoms with Gasteiger partial charge in [0.25, 0.3) is 0 Å². The van der Waals surface area contributed by atoms with E-state index in [4.69, 9.17) is 0 Å². The summed E-state index contributed by atoms with van der Waals surface area (Å²) >= 11 is 1.48.